The van der Waals surface area contributed by atoms with Gasteiger partial charge in [0.15, 0.2) is 0 Å². The molecule has 0 N–H and O–H groups in total. The second kappa shape index (κ2) is 6.88. The molecule has 1 saturated carbocycles. The molecule has 22 heavy (non-hydrogen) atoms. The summed E-state index contributed by atoms with van der Waals surface area (Å²) in [5, 5.41) is 0.501. The number of pyridine rings is 2. The van der Waals surface area contributed by atoms with Gasteiger partial charge in [0.1, 0.15) is 11.2 Å². The van der Waals surface area contributed by atoms with E-state index in [4.69, 9.17) is 16.6 Å². The van der Waals surface area contributed by atoms with Gasteiger partial charge in [-0.05, 0) is 37.1 Å². The van der Waals surface area contributed by atoms with Crippen LogP contribution in [0.3, 0.4) is 0 Å². The van der Waals surface area contributed by atoms with Gasteiger partial charge >= 0.3 is 0 Å². The van der Waals surface area contributed by atoms with E-state index in [1.807, 2.05) is 18.2 Å². The van der Waals surface area contributed by atoms with Gasteiger partial charge in [-0.15, -0.1) is 0 Å². The van der Waals surface area contributed by atoms with Crippen molar-refractivity contribution in [2.75, 3.05) is 0 Å². The van der Waals surface area contributed by atoms with Crippen molar-refractivity contribution >= 4 is 17.5 Å². The Kier molecular flexibility index (Phi) is 4.68. The third-order valence-electron chi connectivity index (χ3n) is 3.89. The summed E-state index contributed by atoms with van der Waals surface area (Å²) in [4.78, 5) is 21.5. The molecule has 0 bridgehead atoms. The zero-order valence-electron chi connectivity index (χ0n) is 12.3. The molecule has 0 unspecified atom stereocenters. The molecular formula is C17H18ClN3O. The number of hydrogen-bond donors (Lipinski definition) is 0. The topological polar surface area (TPSA) is 47.2 Å². The Balaban J connectivity index is 1.97. The molecule has 114 valence electrons. The lowest BCUT2D eigenvalue weighted by Gasteiger charge is -2.17. The van der Waals surface area contributed by atoms with Gasteiger partial charge in [-0.3, -0.25) is 19.3 Å². The van der Waals surface area contributed by atoms with Gasteiger partial charge in [0.2, 0.25) is 0 Å². The molecule has 3 rings (SSSR count). The summed E-state index contributed by atoms with van der Waals surface area (Å²) in [6.45, 7) is 0. The maximum absolute atomic E-state index is 12.6. The Morgan fingerprint density at radius 1 is 1.23 bits per heavy atom. The predicted octanol–water partition coefficient (Wildman–Crippen LogP) is 3.46. The summed E-state index contributed by atoms with van der Waals surface area (Å²) in [7, 11) is 0. The van der Waals surface area contributed by atoms with E-state index in [1.165, 1.54) is 25.5 Å². The fraction of sp³-hybridized carbons (Fsp3) is 0.353. The van der Waals surface area contributed by atoms with Crippen molar-refractivity contribution in [1.82, 2.24) is 9.55 Å². The Hall–Kier alpha value is -1.94. The first-order valence-electron chi connectivity index (χ1n) is 7.62. The minimum atomic E-state index is -0.211. The zero-order chi connectivity index (χ0) is 15.4. The van der Waals surface area contributed by atoms with Gasteiger partial charge in [-0.25, -0.2) is 0 Å². The summed E-state index contributed by atoms with van der Waals surface area (Å²) in [5.41, 5.74) is 1.00. The Bertz CT molecular complexity index is 732. The van der Waals surface area contributed by atoms with Crippen LogP contribution >= 0.6 is 11.6 Å². The third kappa shape index (κ3) is 3.45. The second-order valence-corrected chi connectivity index (χ2v) is 5.95. The van der Waals surface area contributed by atoms with Crippen molar-refractivity contribution in [2.24, 2.45) is 4.99 Å². The molecule has 4 nitrogen and oxygen atoms in total. The first-order chi connectivity index (χ1) is 10.7. The molecule has 0 aromatic carbocycles. The number of carbonyl (C=O) groups excluding carboxylic acids is 1. The van der Waals surface area contributed by atoms with Crippen LogP contribution in [-0.2, 0) is 0 Å². The van der Waals surface area contributed by atoms with E-state index in [0.717, 1.165) is 12.8 Å². The number of halogens is 1. The molecule has 2 aromatic heterocycles. The van der Waals surface area contributed by atoms with Crippen molar-refractivity contribution in [3.05, 3.63) is 58.9 Å². The largest absolute Gasteiger partial charge is 0.282 e. The van der Waals surface area contributed by atoms with Crippen molar-refractivity contribution in [2.45, 2.75) is 38.1 Å². The van der Waals surface area contributed by atoms with Crippen LogP contribution < -0.4 is 5.49 Å². The molecule has 1 fully saturated rings. The highest BCUT2D eigenvalue weighted by Crippen LogP contribution is 2.19. The maximum atomic E-state index is 12.6. The maximum Gasteiger partial charge on any atom is 0.282 e. The van der Waals surface area contributed by atoms with Crippen LogP contribution in [0.5, 0.6) is 0 Å². The first kappa shape index (κ1) is 15.0. The summed E-state index contributed by atoms with van der Waals surface area (Å²) < 4.78 is 1.55. The van der Waals surface area contributed by atoms with Crippen LogP contribution in [0.25, 0.3) is 0 Å². The quantitative estimate of drug-likeness (QED) is 0.852. The standard InChI is InChI=1S/C17H18ClN3O/c18-13-9-10-19-15(12-13)17(22)21-11-5-4-8-16(21)20-14-6-2-1-3-7-14/h4-5,8-12,14H,1-3,6-7H2. The highest BCUT2D eigenvalue weighted by atomic mass is 35.5. The van der Waals surface area contributed by atoms with Gasteiger partial charge in [0.05, 0.1) is 6.04 Å². The van der Waals surface area contributed by atoms with E-state index in [2.05, 4.69) is 4.98 Å². The average Bonchev–Trinajstić information content (AvgIpc) is 2.56. The van der Waals surface area contributed by atoms with E-state index < -0.39 is 0 Å². The molecule has 0 amide bonds. The van der Waals surface area contributed by atoms with E-state index in [1.54, 1.807) is 22.9 Å². The smallest absolute Gasteiger partial charge is 0.267 e. The van der Waals surface area contributed by atoms with Crippen molar-refractivity contribution in [1.29, 1.82) is 0 Å². The Morgan fingerprint density at radius 2 is 2.05 bits per heavy atom. The van der Waals surface area contributed by atoms with Crippen LogP contribution in [0.2, 0.25) is 5.02 Å². The van der Waals surface area contributed by atoms with E-state index in [0.29, 0.717) is 22.2 Å². The van der Waals surface area contributed by atoms with Crippen molar-refractivity contribution in [3.8, 4) is 0 Å². The van der Waals surface area contributed by atoms with Gasteiger partial charge < -0.3 is 0 Å². The Labute approximate surface area is 134 Å². The number of nitrogens with zero attached hydrogens (tertiary/aromatic N) is 3. The van der Waals surface area contributed by atoms with Gasteiger partial charge in [0, 0.05) is 17.4 Å². The normalized spacial score (nSPS) is 16.7. The number of aromatic nitrogens is 2. The van der Waals surface area contributed by atoms with E-state index >= 15 is 0 Å². The lowest BCUT2D eigenvalue weighted by atomic mass is 9.96. The molecule has 5 heteroatoms. The SMILES string of the molecule is O=C(c1cc(Cl)ccn1)n1ccccc1=NC1CCCCC1. The molecule has 0 radical (unpaired) electrons. The average molecular weight is 316 g/mol. The molecule has 1 aliphatic rings. The molecular weight excluding hydrogens is 298 g/mol. The van der Waals surface area contributed by atoms with Crippen LogP contribution in [0, 0.1) is 0 Å². The summed E-state index contributed by atoms with van der Waals surface area (Å²) >= 11 is 5.95. The van der Waals surface area contributed by atoms with Gasteiger partial charge in [-0.1, -0.05) is 36.9 Å². The minimum Gasteiger partial charge on any atom is -0.267 e. The molecule has 0 saturated heterocycles. The van der Waals surface area contributed by atoms with Crippen molar-refractivity contribution in [3.63, 3.8) is 0 Å². The van der Waals surface area contributed by atoms with Gasteiger partial charge in [-0.2, -0.15) is 0 Å². The molecule has 1 aliphatic carbocycles. The highest BCUT2D eigenvalue weighted by Gasteiger charge is 2.14. The van der Waals surface area contributed by atoms with Crippen molar-refractivity contribution < 1.29 is 4.79 Å². The second-order valence-electron chi connectivity index (χ2n) is 5.51. The number of carbonyl (C=O) groups is 1. The molecule has 0 spiro atoms. The summed E-state index contributed by atoms with van der Waals surface area (Å²) in [5.74, 6) is -0.211. The number of rotatable bonds is 2. The highest BCUT2D eigenvalue weighted by molar-refractivity contribution is 6.30. The molecule has 0 aliphatic heterocycles. The Morgan fingerprint density at radius 3 is 2.82 bits per heavy atom. The number of hydrogen-bond acceptors (Lipinski definition) is 3. The fourth-order valence-corrected chi connectivity index (χ4v) is 2.91. The monoisotopic (exact) mass is 315 g/mol. The van der Waals surface area contributed by atoms with E-state index in [9.17, 15) is 4.79 Å². The molecule has 2 heterocycles. The fourth-order valence-electron chi connectivity index (χ4n) is 2.75. The predicted molar refractivity (Wildman–Crippen MR) is 85.8 cm³/mol. The van der Waals surface area contributed by atoms with E-state index in [-0.39, 0.29) is 5.91 Å². The minimum absolute atomic E-state index is 0.211. The van der Waals surface area contributed by atoms with Gasteiger partial charge in [0.25, 0.3) is 5.91 Å². The summed E-state index contributed by atoms with van der Waals surface area (Å²) in [6, 6.07) is 9.13. The lowest BCUT2D eigenvalue weighted by molar-refractivity contribution is 0.0949. The summed E-state index contributed by atoms with van der Waals surface area (Å²) in [6.07, 6.45) is 9.17. The third-order valence-corrected chi connectivity index (χ3v) is 4.12. The van der Waals surface area contributed by atoms with Crippen LogP contribution in [0.4, 0.5) is 0 Å². The van der Waals surface area contributed by atoms with Crippen LogP contribution in [0.1, 0.15) is 42.6 Å². The zero-order valence-corrected chi connectivity index (χ0v) is 13.0. The first-order valence-corrected chi connectivity index (χ1v) is 7.99. The van der Waals surface area contributed by atoms with Crippen LogP contribution in [0.15, 0.2) is 47.7 Å². The lowest BCUT2D eigenvalue weighted by Crippen LogP contribution is -2.29. The molecule has 0 atom stereocenters. The molecule has 2 aromatic rings. The van der Waals surface area contributed by atoms with Crippen LogP contribution in [-0.4, -0.2) is 21.5 Å².